The van der Waals surface area contributed by atoms with Gasteiger partial charge in [-0.3, -0.25) is 14.4 Å². The average Bonchev–Trinajstić information content (AvgIpc) is 3.31. The number of fused-ring (bicyclic) bond motifs is 4. The molecule has 4 aliphatic heterocycles. The lowest BCUT2D eigenvalue weighted by atomic mass is 9.75. The van der Waals surface area contributed by atoms with Crippen LogP contribution in [-0.4, -0.2) is 121 Å². The Kier molecular flexibility index (Phi) is 11.0. The molecule has 0 spiro atoms. The fourth-order valence-corrected chi connectivity index (χ4v) is 7.44. The van der Waals surface area contributed by atoms with E-state index in [1.807, 2.05) is 32.8 Å². The molecule has 4 fully saturated rings. The maximum absolute atomic E-state index is 14.1. The van der Waals surface area contributed by atoms with E-state index in [9.17, 15) is 24.3 Å². The number of Topliss-reactive ketones (excluding diaryl/α,β-unsaturated/α-hetero) is 2. The van der Waals surface area contributed by atoms with Crippen molar-refractivity contribution in [3.8, 4) is 0 Å². The molecule has 4 saturated heterocycles. The highest BCUT2D eigenvalue weighted by atomic mass is 16.7. The summed E-state index contributed by atoms with van der Waals surface area (Å²) in [5.74, 6) is -3.29. The van der Waals surface area contributed by atoms with Crippen molar-refractivity contribution in [2.45, 2.75) is 134 Å². The van der Waals surface area contributed by atoms with Crippen molar-refractivity contribution >= 4 is 23.6 Å². The molecule has 13 nitrogen and oxygen atoms in total. The Morgan fingerprint density at radius 2 is 1.71 bits per heavy atom. The molecule has 0 aromatic carbocycles. The lowest BCUT2D eigenvalue weighted by Crippen LogP contribution is -2.59. The standard InChI is InChI=1S/C32H52N2O11/c1-10-23-32(7)27(33-30(39)45-32)19(5)25(36)16(2)13-31(6)24(44-29-26(37)21(34(8)9)11-17(3)42-29)12-22(18(4)28(38)43-23)40-14-20(35)15-41-31/h16-19,21-24,26-27,29,37H,10-15H2,1-9H3,(H,33,39)/t16-,17-,18-,19+,21+,22-,23-,24-,26-,27?,29?,31+,32?/m1/s1. The van der Waals surface area contributed by atoms with Crippen molar-refractivity contribution in [3.05, 3.63) is 0 Å². The number of aliphatic hydroxyl groups is 1. The predicted octanol–water partition coefficient (Wildman–Crippen LogP) is 2.00. The number of ketones is 2. The first-order valence-electron chi connectivity index (χ1n) is 16.2. The Balaban J connectivity index is 1.79. The lowest BCUT2D eigenvalue weighted by molar-refractivity contribution is -0.294. The van der Waals surface area contributed by atoms with E-state index in [4.69, 9.17) is 28.4 Å². The molecule has 0 radical (unpaired) electrons. The number of hydrogen-bond donors (Lipinski definition) is 2. The monoisotopic (exact) mass is 640 g/mol. The SMILES string of the molecule is CC[C@H]1OC(=O)[C@H](C)[C@H]2C[C@@H](OC3O[C@H](C)C[C@H](N(C)C)[C@H]3O)[C@](C)(C[C@@H](C)C(=O)[C@H](C)C3NC(=O)OC31C)OCC(=O)CO2. The molecule has 4 rings (SSSR count). The summed E-state index contributed by atoms with van der Waals surface area (Å²) in [6.45, 7) is 11.7. The van der Waals surface area contributed by atoms with Crippen LogP contribution in [-0.2, 0) is 42.8 Å². The largest absolute Gasteiger partial charge is 0.458 e. The molecule has 13 heteroatoms. The minimum atomic E-state index is -1.31. The number of amides is 1. The zero-order valence-electron chi connectivity index (χ0n) is 28.1. The number of cyclic esters (lactones) is 1. The van der Waals surface area contributed by atoms with Gasteiger partial charge in [0.15, 0.2) is 17.7 Å². The zero-order valence-corrected chi connectivity index (χ0v) is 28.1. The third-order valence-corrected chi connectivity index (χ3v) is 10.3. The van der Waals surface area contributed by atoms with Crippen LogP contribution in [0.1, 0.15) is 74.1 Å². The van der Waals surface area contributed by atoms with E-state index >= 15 is 0 Å². The molecule has 4 heterocycles. The number of rotatable bonds is 4. The number of hydrogen-bond acceptors (Lipinski definition) is 12. The van der Waals surface area contributed by atoms with Crippen molar-refractivity contribution in [3.63, 3.8) is 0 Å². The number of likely N-dealkylation sites (N-methyl/N-ethyl adjacent to an activating group) is 1. The van der Waals surface area contributed by atoms with Crippen molar-refractivity contribution in [1.29, 1.82) is 0 Å². The maximum Gasteiger partial charge on any atom is 0.408 e. The number of nitrogens with zero attached hydrogens (tertiary/aromatic N) is 1. The number of ether oxygens (including phenoxy) is 6. The summed E-state index contributed by atoms with van der Waals surface area (Å²) in [5, 5.41) is 14.1. The second-order valence-electron chi connectivity index (χ2n) is 14.0. The fraction of sp³-hybridized carbons (Fsp3) is 0.875. The molecule has 2 N–H and O–H groups in total. The molecular formula is C32H52N2O11. The molecule has 0 aliphatic carbocycles. The predicted molar refractivity (Wildman–Crippen MR) is 160 cm³/mol. The Bertz CT molecular complexity index is 1120. The van der Waals surface area contributed by atoms with Gasteiger partial charge in [-0.2, -0.15) is 0 Å². The quantitative estimate of drug-likeness (QED) is 0.431. The van der Waals surface area contributed by atoms with Gasteiger partial charge in [0.2, 0.25) is 0 Å². The number of aliphatic hydroxyl groups excluding tert-OH is 1. The van der Waals surface area contributed by atoms with Gasteiger partial charge in [-0.15, -0.1) is 0 Å². The highest BCUT2D eigenvalue weighted by Crippen LogP contribution is 2.40. The van der Waals surface area contributed by atoms with Crippen molar-refractivity contribution in [2.75, 3.05) is 27.3 Å². The van der Waals surface area contributed by atoms with Crippen molar-refractivity contribution in [1.82, 2.24) is 10.2 Å². The summed E-state index contributed by atoms with van der Waals surface area (Å²) in [5.41, 5.74) is -2.55. The van der Waals surface area contributed by atoms with Gasteiger partial charge in [0.05, 0.1) is 35.9 Å². The Morgan fingerprint density at radius 3 is 2.36 bits per heavy atom. The summed E-state index contributed by atoms with van der Waals surface area (Å²) < 4.78 is 36.8. The third-order valence-electron chi connectivity index (χ3n) is 10.3. The topological polar surface area (TPSA) is 159 Å². The minimum Gasteiger partial charge on any atom is -0.458 e. The third kappa shape index (κ3) is 7.38. The first kappa shape index (κ1) is 35.7. The molecule has 1 amide bonds. The Hall–Kier alpha value is -2.16. The molecular weight excluding hydrogens is 588 g/mol. The molecule has 2 bridgehead atoms. The number of esters is 1. The van der Waals surface area contributed by atoms with Crippen LogP contribution in [0.2, 0.25) is 0 Å². The normalized spacial score (nSPS) is 45.4. The summed E-state index contributed by atoms with van der Waals surface area (Å²) in [7, 11) is 3.76. The van der Waals surface area contributed by atoms with Crippen LogP contribution in [0, 0.1) is 17.8 Å². The summed E-state index contributed by atoms with van der Waals surface area (Å²) in [4.78, 5) is 55.2. The van der Waals surface area contributed by atoms with Gasteiger partial charge in [-0.1, -0.05) is 20.8 Å². The fourth-order valence-electron chi connectivity index (χ4n) is 7.44. The number of carbonyl (C=O) groups excluding carboxylic acids is 4. The van der Waals surface area contributed by atoms with Gasteiger partial charge < -0.3 is 43.7 Å². The summed E-state index contributed by atoms with van der Waals surface area (Å²) in [6.07, 6.45) is -4.41. The molecule has 0 aromatic rings. The highest BCUT2D eigenvalue weighted by Gasteiger charge is 2.57. The lowest BCUT2D eigenvalue weighted by Gasteiger charge is -2.46. The van der Waals surface area contributed by atoms with Crippen molar-refractivity contribution < 1.29 is 52.7 Å². The van der Waals surface area contributed by atoms with E-state index in [2.05, 4.69) is 5.32 Å². The first-order valence-corrected chi connectivity index (χ1v) is 16.2. The van der Waals surface area contributed by atoms with Gasteiger partial charge in [-0.25, -0.2) is 4.79 Å². The van der Waals surface area contributed by atoms with Gasteiger partial charge in [0.1, 0.15) is 31.2 Å². The number of nitrogens with one attached hydrogen (secondary N) is 1. The molecule has 13 atom stereocenters. The number of carbonyl (C=O) groups is 4. The van der Waals surface area contributed by atoms with Crippen LogP contribution in [0.5, 0.6) is 0 Å². The summed E-state index contributed by atoms with van der Waals surface area (Å²) >= 11 is 0. The van der Waals surface area contributed by atoms with Crippen LogP contribution in [0.4, 0.5) is 4.79 Å². The van der Waals surface area contributed by atoms with E-state index in [-0.39, 0.29) is 49.8 Å². The minimum absolute atomic E-state index is 0.0807. The van der Waals surface area contributed by atoms with Gasteiger partial charge >= 0.3 is 12.1 Å². The van der Waals surface area contributed by atoms with Gasteiger partial charge in [0, 0.05) is 24.3 Å². The van der Waals surface area contributed by atoms with Crippen LogP contribution in [0.3, 0.4) is 0 Å². The van der Waals surface area contributed by atoms with E-state index in [1.165, 1.54) is 0 Å². The Labute approximate surface area is 265 Å². The first-order chi connectivity index (χ1) is 21.0. The second kappa shape index (κ2) is 13.9. The average molecular weight is 641 g/mol. The molecule has 0 saturated carbocycles. The van der Waals surface area contributed by atoms with Gasteiger partial charge in [0.25, 0.3) is 0 Å². The molecule has 3 unspecified atom stereocenters. The smallest absolute Gasteiger partial charge is 0.408 e. The highest BCUT2D eigenvalue weighted by molar-refractivity contribution is 5.85. The Morgan fingerprint density at radius 1 is 1.02 bits per heavy atom. The number of alkyl carbamates (subject to hydrolysis) is 1. The second-order valence-corrected chi connectivity index (χ2v) is 14.0. The van der Waals surface area contributed by atoms with Crippen LogP contribution in [0.25, 0.3) is 0 Å². The molecule has 45 heavy (non-hydrogen) atoms. The van der Waals surface area contributed by atoms with Crippen molar-refractivity contribution in [2.24, 2.45) is 17.8 Å². The van der Waals surface area contributed by atoms with Crippen LogP contribution < -0.4 is 5.32 Å². The maximum atomic E-state index is 14.1. The molecule has 4 aliphatic rings. The molecule has 256 valence electrons. The van der Waals surface area contributed by atoms with Crippen LogP contribution >= 0.6 is 0 Å². The zero-order chi connectivity index (χ0) is 33.4. The van der Waals surface area contributed by atoms with E-state index in [1.54, 1.807) is 34.6 Å². The van der Waals surface area contributed by atoms with E-state index in [0.29, 0.717) is 12.8 Å². The van der Waals surface area contributed by atoms with Gasteiger partial charge in [-0.05, 0) is 61.1 Å². The van der Waals surface area contributed by atoms with Crippen LogP contribution in [0.15, 0.2) is 0 Å². The van der Waals surface area contributed by atoms with E-state index in [0.717, 1.165) is 0 Å². The van der Waals surface area contributed by atoms with E-state index < -0.39 is 77.8 Å². The summed E-state index contributed by atoms with van der Waals surface area (Å²) in [6, 6.07) is -1.01. The molecule has 0 aromatic heterocycles.